The quantitative estimate of drug-likeness (QED) is 0.916. The molecular formula is C15H18ClNOS. The van der Waals surface area contributed by atoms with Crippen molar-refractivity contribution in [3.63, 3.8) is 0 Å². The lowest BCUT2D eigenvalue weighted by Crippen LogP contribution is -2.37. The van der Waals surface area contributed by atoms with E-state index in [4.69, 9.17) is 16.3 Å². The molecule has 1 aromatic heterocycles. The molecule has 0 amide bonds. The van der Waals surface area contributed by atoms with Crippen molar-refractivity contribution in [2.45, 2.75) is 38.5 Å². The molecule has 0 aliphatic carbocycles. The van der Waals surface area contributed by atoms with Gasteiger partial charge in [-0.1, -0.05) is 29.8 Å². The van der Waals surface area contributed by atoms with Crippen LogP contribution in [0.2, 0.25) is 5.02 Å². The minimum Gasteiger partial charge on any atom is -0.378 e. The standard InChI is InChI=1S/C15H18ClNOS/c1-10-8-11(6-7-18-10)17-9-14-15(16)12-4-2-3-5-13(12)19-14/h2-5,10-11,17H,6-9H2,1H3. The Hall–Kier alpha value is -0.610. The first-order chi connectivity index (χ1) is 9.24. The largest absolute Gasteiger partial charge is 0.378 e. The number of nitrogens with one attached hydrogen (secondary N) is 1. The van der Waals surface area contributed by atoms with Crippen LogP contribution in [0.4, 0.5) is 0 Å². The molecule has 2 unspecified atom stereocenters. The third kappa shape index (κ3) is 2.95. The lowest BCUT2D eigenvalue weighted by Gasteiger charge is -2.27. The van der Waals surface area contributed by atoms with Gasteiger partial charge in [0.05, 0.1) is 11.1 Å². The predicted molar refractivity (Wildman–Crippen MR) is 82.1 cm³/mol. The highest BCUT2D eigenvalue weighted by Gasteiger charge is 2.19. The van der Waals surface area contributed by atoms with E-state index in [1.807, 2.05) is 6.07 Å². The van der Waals surface area contributed by atoms with Gasteiger partial charge < -0.3 is 10.1 Å². The van der Waals surface area contributed by atoms with Gasteiger partial charge in [0, 0.05) is 34.2 Å². The molecule has 1 N–H and O–H groups in total. The summed E-state index contributed by atoms with van der Waals surface area (Å²) >= 11 is 8.24. The maximum absolute atomic E-state index is 6.45. The van der Waals surface area contributed by atoms with Crippen molar-refractivity contribution in [1.29, 1.82) is 0 Å². The number of benzene rings is 1. The Labute approximate surface area is 122 Å². The van der Waals surface area contributed by atoms with Crippen LogP contribution in [0.1, 0.15) is 24.6 Å². The average molecular weight is 296 g/mol. The number of hydrogen-bond acceptors (Lipinski definition) is 3. The molecule has 3 rings (SSSR count). The lowest BCUT2D eigenvalue weighted by atomic mass is 10.0. The summed E-state index contributed by atoms with van der Waals surface area (Å²) in [6.07, 6.45) is 2.54. The van der Waals surface area contributed by atoms with Crippen molar-refractivity contribution in [3.8, 4) is 0 Å². The minimum atomic E-state index is 0.365. The summed E-state index contributed by atoms with van der Waals surface area (Å²) in [6, 6.07) is 8.87. The van der Waals surface area contributed by atoms with E-state index in [1.165, 1.54) is 15.0 Å². The van der Waals surface area contributed by atoms with Gasteiger partial charge in [-0.3, -0.25) is 0 Å². The normalized spacial score (nSPS) is 23.9. The van der Waals surface area contributed by atoms with E-state index < -0.39 is 0 Å². The maximum atomic E-state index is 6.45. The van der Waals surface area contributed by atoms with Crippen molar-refractivity contribution in [3.05, 3.63) is 34.2 Å². The second-order valence-corrected chi connectivity index (χ2v) is 6.63. The van der Waals surface area contributed by atoms with E-state index in [1.54, 1.807) is 11.3 Å². The minimum absolute atomic E-state index is 0.365. The summed E-state index contributed by atoms with van der Waals surface area (Å²) in [5.74, 6) is 0. The van der Waals surface area contributed by atoms with Crippen LogP contribution in [-0.4, -0.2) is 18.8 Å². The fraction of sp³-hybridized carbons (Fsp3) is 0.467. The summed E-state index contributed by atoms with van der Waals surface area (Å²) in [5, 5.41) is 5.70. The summed E-state index contributed by atoms with van der Waals surface area (Å²) in [7, 11) is 0. The smallest absolute Gasteiger partial charge is 0.0636 e. The van der Waals surface area contributed by atoms with Crippen molar-refractivity contribution in [1.82, 2.24) is 5.32 Å². The van der Waals surface area contributed by atoms with Crippen LogP contribution in [0.3, 0.4) is 0 Å². The molecule has 1 fully saturated rings. The molecule has 2 atom stereocenters. The predicted octanol–water partition coefficient (Wildman–Crippen LogP) is 4.21. The molecule has 4 heteroatoms. The van der Waals surface area contributed by atoms with Gasteiger partial charge >= 0.3 is 0 Å². The van der Waals surface area contributed by atoms with Crippen LogP contribution in [0.15, 0.2) is 24.3 Å². The van der Waals surface area contributed by atoms with Gasteiger partial charge in [0.2, 0.25) is 0 Å². The Balaban J connectivity index is 1.69. The number of halogens is 1. The van der Waals surface area contributed by atoms with Crippen molar-refractivity contribution in [2.75, 3.05) is 6.61 Å². The average Bonchev–Trinajstić information content (AvgIpc) is 2.74. The highest BCUT2D eigenvalue weighted by Crippen LogP contribution is 2.35. The molecule has 0 spiro atoms. The molecule has 2 nitrogen and oxygen atoms in total. The maximum Gasteiger partial charge on any atom is 0.0636 e. The zero-order chi connectivity index (χ0) is 13.2. The molecule has 2 heterocycles. The van der Waals surface area contributed by atoms with E-state index in [-0.39, 0.29) is 0 Å². The monoisotopic (exact) mass is 295 g/mol. The molecule has 1 aromatic carbocycles. The van der Waals surface area contributed by atoms with Crippen LogP contribution < -0.4 is 5.32 Å². The Morgan fingerprint density at radius 1 is 1.42 bits per heavy atom. The molecule has 0 saturated carbocycles. The fourth-order valence-electron chi connectivity index (χ4n) is 2.60. The molecule has 1 aliphatic heterocycles. The zero-order valence-electron chi connectivity index (χ0n) is 11.0. The topological polar surface area (TPSA) is 21.3 Å². The highest BCUT2D eigenvalue weighted by atomic mass is 35.5. The van der Waals surface area contributed by atoms with Gasteiger partial charge in [-0.05, 0) is 25.8 Å². The van der Waals surface area contributed by atoms with E-state index in [0.717, 1.165) is 31.0 Å². The van der Waals surface area contributed by atoms with Crippen LogP contribution in [0, 0.1) is 0 Å². The first-order valence-electron chi connectivity index (χ1n) is 6.75. The summed E-state index contributed by atoms with van der Waals surface area (Å²) < 4.78 is 6.84. The van der Waals surface area contributed by atoms with Gasteiger partial charge in [-0.25, -0.2) is 0 Å². The Kier molecular flexibility index (Phi) is 4.08. The summed E-state index contributed by atoms with van der Waals surface area (Å²) in [5.41, 5.74) is 0. The lowest BCUT2D eigenvalue weighted by molar-refractivity contribution is 0.0131. The third-order valence-corrected chi connectivity index (χ3v) is 5.35. The number of ether oxygens (including phenoxy) is 1. The molecule has 102 valence electrons. The first kappa shape index (κ1) is 13.4. The number of rotatable bonds is 3. The van der Waals surface area contributed by atoms with E-state index in [2.05, 4.69) is 30.4 Å². The van der Waals surface area contributed by atoms with Crippen molar-refractivity contribution in [2.24, 2.45) is 0 Å². The van der Waals surface area contributed by atoms with Crippen LogP contribution in [0.5, 0.6) is 0 Å². The van der Waals surface area contributed by atoms with E-state index >= 15 is 0 Å². The second-order valence-electron chi connectivity index (χ2n) is 5.12. The van der Waals surface area contributed by atoms with Crippen LogP contribution in [-0.2, 0) is 11.3 Å². The summed E-state index contributed by atoms with van der Waals surface area (Å²) in [4.78, 5) is 1.24. The van der Waals surface area contributed by atoms with Crippen molar-refractivity contribution >= 4 is 33.0 Å². The Bertz CT molecular complexity index is 568. The third-order valence-electron chi connectivity index (χ3n) is 3.64. The molecule has 0 radical (unpaired) electrons. The van der Waals surface area contributed by atoms with Crippen LogP contribution >= 0.6 is 22.9 Å². The molecule has 0 bridgehead atoms. The van der Waals surface area contributed by atoms with Crippen molar-refractivity contribution < 1.29 is 4.74 Å². The van der Waals surface area contributed by atoms with E-state index in [9.17, 15) is 0 Å². The molecule has 1 saturated heterocycles. The second kappa shape index (κ2) is 5.80. The number of fused-ring (bicyclic) bond motifs is 1. The van der Waals surface area contributed by atoms with Gasteiger partial charge in [-0.15, -0.1) is 11.3 Å². The Morgan fingerprint density at radius 2 is 2.26 bits per heavy atom. The van der Waals surface area contributed by atoms with Gasteiger partial charge in [0.1, 0.15) is 0 Å². The SMILES string of the molecule is CC1CC(NCc2sc3ccccc3c2Cl)CCO1. The Morgan fingerprint density at radius 3 is 3.05 bits per heavy atom. The van der Waals surface area contributed by atoms with Crippen LogP contribution in [0.25, 0.3) is 10.1 Å². The number of hydrogen-bond donors (Lipinski definition) is 1. The molecule has 1 aliphatic rings. The van der Waals surface area contributed by atoms with Gasteiger partial charge in [0.15, 0.2) is 0 Å². The highest BCUT2D eigenvalue weighted by molar-refractivity contribution is 7.19. The molecule has 19 heavy (non-hydrogen) atoms. The number of thiophene rings is 1. The van der Waals surface area contributed by atoms with E-state index in [0.29, 0.717) is 12.1 Å². The van der Waals surface area contributed by atoms with Gasteiger partial charge in [-0.2, -0.15) is 0 Å². The summed E-state index contributed by atoms with van der Waals surface area (Å²) in [6.45, 7) is 3.86. The zero-order valence-corrected chi connectivity index (χ0v) is 12.6. The molecule has 2 aromatic rings. The van der Waals surface area contributed by atoms with Gasteiger partial charge in [0.25, 0.3) is 0 Å². The molecular weight excluding hydrogens is 278 g/mol. The fourth-order valence-corrected chi connectivity index (χ4v) is 4.05. The first-order valence-corrected chi connectivity index (χ1v) is 7.94.